The number of hydrogen-bond donors (Lipinski definition) is 0. The van der Waals surface area contributed by atoms with E-state index in [1.54, 1.807) is 0 Å². The van der Waals surface area contributed by atoms with Crippen LogP contribution in [0.5, 0.6) is 0 Å². The summed E-state index contributed by atoms with van der Waals surface area (Å²) in [6.45, 7) is 8.26. The molecule has 2 rings (SSSR count). The van der Waals surface area contributed by atoms with Gasteiger partial charge in [0.05, 0.1) is 11.8 Å². The standard InChI is InChI=1S/C11H15ClN4O/c1-6(2)17-5-9-14-15-11-10(12)13-7(3)8(4)16(9)11/h6H,5H2,1-4H3. The minimum absolute atomic E-state index is 0.154. The monoisotopic (exact) mass is 254 g/mol. The maximum atomic E-state index is 6.04. The zero-order valence-corrected chi connectivity index (χ0v) is 11.1. The predicted octanol–water partition coefficient (Wildman–Crippen LogP) is 2.32. The molecular formula is C11H15ClN4O. The van der Waals surface area contributed by atoms with Gasteiger partial charge in [0.2, 0.25) is 0 Å². The predicted molar refractivity (Wildman–Crippen MR) is 65.2 cm³/mol. The number of ether oxygens (including phenoxy) is 1. The smallest absolute Gasteiger partial charge is 0.198 e. The van der Waals surface area contributed by atoms with Gasteiger partial charge in [-0.3, -0.25) is 4.40 Å². The first-order chi connectivity index (χ1) is 8.00. The fourth-order valence-corrected chi connectivity index (χ4v) is 1.83. The van der Waals surface area contributed by atoms with E-state index in [-0.39, 0.29) is 6.10 Å². The van der Waals surface area contributed by atoms with E-state index in [4.69, 9.17) is 16.3 Å². The number of aromatic nitrogens is 4. The molecule has 0 fully saturated rings. The van der Waals surface area contributed by atoms with Crippen molar-refractivity contribution >= 4 is 17.2 Å². The van der Waals surface area contributed by atoms with Crippen LogP contribution in [-0.2, 0) is 11.3 Å². The fourth-order valence-electron chi connectivity index (χ4n) is 1.58. The van der Waals surface area contributed by atoms with Crippen LogP contribution in [0.15, 0.2) is 0 Å². The van der Waals surface area contributed by atoms with Crippen molar-refractivity contribution in [3.63, 3.8) is 0 Å². The Labute approximate surface area is 105 Å². The number of fused-ring (bicyclic) bond motifs is 1. The van der Waals surface area contributed by atoms with Gasteiger partial charge < -0.3 is 4.74 Å². The second-order valence-corrected chi connectivity index (χ2v) is 4.57. The molecule has 0 aromatic carbocycles. The minimum Gasteiger partial charge on any atom is -0.371 e. The highest BCUT2D eigenvalue weighted by molar-refractivity contribution is 6.32. The number of hydrogen-bond acceptors (Lipinski definition) is 4. The van der Waals surface area contributed by atoms with Crippen molar-refractivity contribution in [1.82, 2.24) is 19.6 Å². The number of halogens is 1. The quantitative estimate of drug-likeness (QED) is 0.844. The maximum absolute atomic E-state index is 6.04. The summed E-state index contributed by atoms with van der Waals surface area (Å²) in [5, 5.41) is 8.50. The van der Waals surface area contributed by atoms with Crippen LogP contribution in [0.25, 0.3) is 5.65 Å². The van der Waals surface area contributed by atoms with Crippen molar-refractivity contribution in [2.45, 2.75) is 40.4 Å². The topological polar surface area (TPSA) is 52.3 Å². The SMILES string of the molecule is Cc1nc(Cl)c2nnc(COC(C)C)n2c1C. The first-order valence-corrected chi connectivity index (χ1v) is 5.86. The van der Waals surface area contributed by atoms with Crippen LogP contribution >= 0.6 is 11.6 Å². The summed E-state index contributed by atoms with van der Waals surface area (Å²) in [4.78, 5) is 4.21. The van der Waals surface area contributed by atoms with Gasteiger partial charge in [0, 0.05) is 5.69 Å². The zero-order chi connectivity index (χ0) is 12.6. The van der Waals surface area contributed by atoms with E-state index in [0.717, 1.165) is 17.2 Å². The van der Waals surface area contributed by atoms with Gasteiger partial charge >= 0.3 is 0 Å². The number of rotatable bonds is 3. The first kappa shape index (κ1) is 12.3. The van der Waals surface area contributed by atoms with Gasteiger partial charge in [0.1, 0.15) is 6.61 Å². The molecule has 0 atom stereocenters. The van der Waals surface area contributed by atoms with Crippen molar-refractivity contribution in [2.24, 2.45) is 0 Å². The van der Waals surface area contributed by atoms with E-state index in [1.807, 2.05) is 32.1 Å². The third kappa shape index (κ3) is 2.25. The molecule has 92 valence electrons. The molecule has 0 aliphatic carbocycles. The Morgan fingerprint density at radius 1 is 1.29 bits per heavy atom. The summed E-state index contributed by atoms with van der Waals surface area (Å²) < 4.78 is 7.44. The minimum atomic E-state index is 0.154. The van der Waals surface area contributed by atoms with Crippen LogP contribution < -0.4 is 0 Å². The van der Waals surface area contributed by atoms with E-state index in [1.165, 1.54) is 0 Å². The van der Waals surface area contributed by atoms with Crippen LogP contribution in [0.3, 0.4) is 0 Å². The summed E-state index contributed by atoms with van der Waals surface area (Å²) in [6, 6.07) is 0. The first-order valence-electron chi connectivity index (χ1n) is 5.49. The molecule has 2 aromatic heterocycles. The number of nitrogens with zero attached hydrogens (tertiary/aromatic N) is 4. The van der Waals surface area contributed by atoms with E-state index in [9.17, 15) is 0 Å². The second-order valence-electron chi connectivity index (χ2n) is 4.21. The molecule has 0 saturated carbocycles. The Morgan fingerprint density at radius 3 is 2.65 bits per heavy atom. The van der Waals surface area contributed by atoms with Crippen molar-refractivity contribution in [3.05, 3.63) is 22.4 Å². The Balaban J connectivity index is 2.51. The summed E-state index contributed by atoms with van der Waals surface area (Å²) >= 11 is 6.04. The molecule has 0 bridgehead atoms. The van der Waals surface area contributed by atoms with Gasteiger partial charge in [-0.25, -0.2) is 4.98 Å². The maximum Gasteiger partial charge on any atom is 0.198 e. The van der Waals surface area contributed by atoms with Crippen LogP contribution in [0.1, 0.15) is 31.1 Å². The van der Waals surface area contributed by atoms with E-state index >= 15 is 0 Å². The molecule has 2 heterocycles. The Morgan fingerprint density at radius 2 is 2.00 bits per heavy atom. The average Bonchev–Trinajstić information content (AvgIpc) is 2.67. The van der Waals surface area contributed by atoms with Crippen molar-refractivity contribution in [2.75, 3.05) is 0 Å². The Bertz CT molecular complexity index is 550. The van der Waals surface area contributed by atoms with Crippen molar-refractivity contribution in [1.29, 1.82) is 0 Å². The molecule has 0 saturated heterocycles. The molecule has 0 N–H and O–H groups in total. The second kappa shape index (κ2) is 4.58. The van der Waals surface area contributed by atoms with Gasteiger partial charge in [-0.2, -0.15) is 0 Å². The summed E-state index contributed by atoms with van der Waals surface area (Å²) in [5.74, 6) is 0.749. The summed E-state index contributed by atoms with van der Waals surface area (Å²) in [7, 11) is 0. The molecule has 0 aliphatic rings. The Kier molecular flexibility index (Phi) is 3.31. The van der Waals surface area contributed by atoms with E-state index in [2.05, 4.69) is 15.2 Å². The van der Waals surface area contributed by atoms with Gasteiger partial charge in [-0.1, -0.05) is 11.6 Å². The zero-order valence-electron chi connectivity index (χ0n) is 10.4. The highest BCUT2D eigenvalue weighted by atomic mass is 35.5. The van der Waals surface area contributed by atoms with Crippen LogP contribution in [0.2, 0.25) is 5.15 Å². The van der Waals surface area contributed by atoms with Gasteiger partial charge in [0.15, 0.2) is 16.6 Å². The molecule has 2 aromatic rings. The lowest BCUT2D eigenvalue weighted by atomic mass is 10.3. The molecule has 0 radical (unpaired) electrons. The van der Waals surface area contributed by atoms with Crippen LogP contribution in [0, 0.1) is 13.8 Å². The van der Waals surface area contributed by atoms with Gasteiger partial charge in [-0.15, -0.1) is 10.2 Å². The molecular weight excluding hydrogens is 240 g/mol. The van der Waals surface area contributed by atoms with Gasteiger partial charge in [0.25, 0.3) is 0 Å². The molecule has 5 nitrogen and oxygen atoms in total. The van der Waals surface area contributed by atoms with Crippen LogP contribution in [0.4, 0.5) is 0 Å². The normalized spacial score (nSPS) is 11.6. The molecule has 6 heteroatoms. The molecule has 0 amide bonds. The fraction of sp³-hybridized carbons (Fsp3) is 0.545. The summed E-state index contributed by atoms with van der Waals surface area (Å²) in [6.07, 6.45) is 0.154. The lowest BCUT2D eigenvalue weighted by molar-refractivity contribution is 0.0607. The molecule has 0 unspecified atom stereocenters. The van der Waals surface area contributed by atoms with Gasteiger partial charge in [-0.05, 0) is 27.7 Å². The summed E-state index contributed by atoms with van der Waals surface area (Å²) in [5.41, 5.74) is 2.43. The van der Waals surface area contributed by atoms with Crippen molar-refractivity contribution in [3.8, 4) is 0 Å². The Hall–Kier alpha value is -1.20. The molecule has 0 spiro atoms. The number of aryl methyl sites for hydroxylation is 2. The average molecular weight is 255 g/mol. The van der Waals surface area contributed by atoms with E-state index in [0.29, 0.717) is 17.4 Å². The van der Waals surface area contributed by atoms with Crippen molar-refractivity contribution < 1.29 is 4.74 Å². The highest BCUT2D eigenvalue weighted by Gasteiger charge is 2.14. The lowest BCUT2D eigenvalue weighted by Gasteiger charge is -2.09. The molecule has 17 heavy (non-hydrogen) atoms. The third-order valence-electron chi connectivity index (χ3n) is 2.59. The van der Waals surface area contributed by atoms with Crippen LogP contribution in [-0.4, -0.2) is 25.7 Å². The lowest BCUT2D eigenvalue weighted by Crippen LogP contribution is -2.08. The van der Waals surface area contributed by atoms with E-state index < -0.39 is 0 Å². The third-order valence-corrected chi connectivity index (χ3v) is 2.84. The largest absolute Gasteiger partial charge is 0.371 e. The molecule has 0 aliphatic heterocycles. The highest BCUT2D eigenvalue weighted by Crippen LogP contribution is 2.18.